The molecule has 132 valence electrons. The van der Waals surface area contributed by atoms with E-state index in [1.54, 1.807) is 4.90 Å². The first-order chi connectivity index (χ1) is 12.1. The molecule has 0 bridgehead atoms. The van der Waals surface area contributed by atoms with Gasteiger partial charge in [0.05, 0.1) is 6.42 Å². The summed E-state index contributed by atoms with van der Waals surface area (Å²) in [6.07, 6.45) is 4.06. The van der Waals surface area contributed by atoms with Crippen molar-refractivity contribution in [3.8, 4) is 0 Å². The number of carbonyl (C=O) groups is 2. The van der Waals surface area contributed by atoms with Crippen LogP contribution in [0.15, 0.2) is 18.2 Å². The Balaban J connectivity index is 1.38. The number of aromatic nitrogens is 1. The Morgan fingerprint density at radius 3 is 3.04 bits per heavy atom. The normalized spacial score (nSPS) is 20.1. The van der Waals surface area contributed by atoms with Crippen LogP contribution >= 0.6 is 11.6 Å². The van der Waals surface area contributed by atoms with Crippen LogP contribution in [0, 0.1) is 0 Å². The first-order valence-corrected chi connectivity index (χ1v) is 9.24. The van der Waals surface area contributed by atoms with Crippen LogP contribution in [0.2, 0.25) is 5.02 Å². The zero-order valence-electron chi connectivity index (χ0n) is 14.0. The molecule has 1 aliphatic carbocycles. The lowest BCUT2D eigenvalue weighted by atomic mass is 9.93. The number of fused-ring (bicyclic) bond motifs is 3. The molecule has 1 unspecified atom stereocenters. The second-order valence-electron chi connectivity index (χ2n) is 6.86. The maximum absolute atomic E-state index is 12.2. The van der Waals surface area contributed by atoms with Gasteiger partial charge in [-0.15, -0.1) is 0 Å². The SMILES string of the molecule is O=C(CCN1CCCC1=O)OC1CCc2[nH]c3ccc(Cl)cc3c2C1. The summed E-state index contributed by atoms with van der Waals surface area (Å²) in [5, 5.41) is 1.83. The van der Waals surface area contributed by atoms with Gasteiger partial charge in [0.2, 0.25) is 5.91 Å². The molecule has 1 atom stereocenters. The van der Waals surface area contributed by atoms with Crippen molar-refractivity contribution < 1.29 is 14.3 Å². The van der Waals surface area contributed by atoms with Gasteiger partial charge in [0.1, 0.15) is 6.10 Å². The van der Waals surface area contributed by atoms with E-state index in [-0.39, 0.29) is 24.4 Å². The number of halogens is 1. The van der Waals surface area contributed by atoms with E-state index >= 15 is 0 Å². The lowest BCUT2D eigenvalue weighted by Gasteiger charge is -2.23. The number of H-pyrrole nitrogens is 1. The van der Waals surface area contributed by atoms with Gasteiger partial charge in [-0.2, -0.15) is 0 Å². The Morgan fingerprint density at radius 2 is 2.24 bits per heavy atom. The van der Waals surface area contributed by atoms with E-state index in [0.29, 0.717) is 24.4 Å². The molecule has 1 aromatic carbocycles. The number of amides is 1. The van der Waals surface area contributed by atoms with E-state index in [1.807, 2.05) is 18.2 Å². The molecular formula is C19H21ClN2O3. The Morgan fingerprint density at radius 1 is 1.36 bits per heavy atom. The molecule has 0 spiro atoms. The van der Waals surface area contributed by atoms with Gasteiger partial charge in [0, 0.05) is 47.6 Å². The molecule has 1 N–H and O–H groups in total. The van der Waals surface area contributed by atoms with Gasteiger partial charge in [-0.1, -0.05) is 11.6 Å². The number of aryl methyl sites for hydroxylation is 1. The maximum Gasteiger partial charge on any atom is 0.307 e. The number of carbonyl (C=O) groups excluding carboxylic acids is 2. The highest BCUT2D eigenvalue weighted by molar-refractivity contribution is 6.31. The molecule has 0 radical (unpaired) electrons. The number of likely N-dealkylation sites (tertiary alicyclic amines) is 1. The van der Waals surface area contributed by atoms with Gasteiger partial charge in [0.25, 0.3) is 0 Å². The predicted molar refractivity (Wildman–Crippen MR) is 95.6 cm³/mol. The largest absolute Gasteiger partial charge is 0.462 e. The molecule has 0 saturated carbocycles. The van der Waals surface area contributed by atoms with E-state index in [4.69, 9.17) is 16.3 Å². The van der Waals surface area contributed by atoms with Crippen molar-refractivity contribution in [2.24, 2.45) is 0 Å². The van der Waals surface area contributed by atoms with Crippen LogP contribution in [0.25, 0.3) is 10.9 Å². The first-order valence-electron chi connectivity index (χ1n) is 8.86. The third kappa shape index (κ3) is 3.38. The summed E-state index contributed by atoms with van der Waals surface area (Å²) in [5.41, 5.74) is 3.50. The van der Waals surface area contributed by atoms with Crippen molar-refractivity contribution in [2.75, 3.05) is 13.1 Å². The van der Waals surface area contributed by atoms with Crippen LogP contribution in [-0.2, 0) is 27.2 Å². The molecule has 1 saturated heterocycles. The molecule has 5 nitrogen and oxygen atoms in total. The van der Waals surface area contributed by atoms with Crippen LogP contribution < -0.4 is 0 Å². The minimum atomic E-state index is -0.217. The van der Waals surface area contributed by atoms with Crippen molar-refractivity contribution in [3.63, 3.8) is 0 Å². The van der Waals surface area contributed by atoms with Crippen molar-refractivity contribution in [3.05, 3.63) is 34.5 Å². The molecule has 2 heterocycles. The summed E-state index contributed by atoms with van der Waals surface area (Å²) in [6.45, 7) is 1.23. The second kappa shape index (κ2) is 6.71. The van der Waals surface area contributed by atoms with Crippen molar-refractivity contribution in [2.45, 2.75) is 44.6 Å². The fourth-order valence-electron chi connectivity index (χ4n) is 3.87. The molecule has 2 aliphatic rings. The minimum absolute atomic E-state index is 0.104. The number of esters is 1. The van der Waals surface area contributed by atoms with Crippen LogP contribution in [-0.4, -0.2) is 41.0 Å². The fourth-order valence-corrected chi connectivity index (χ4v) is 4.04. The molecule has 1 amide bonds. The lowest BCUT2D eigenvalue weighted by Crippen LogP contribution is -2.30. The van der Waals surface area contributed by atoms with Gasteiger partial charge in [0.15, 0.2) is 0 Å². The first kappa shape index (κ1) is 16.5. The molecule has 6 heteroatoms. The van der Waals surface area contributed by atoms with E-state index in [0.717, 1.165) is 36.7 Å². The Hall–Kier alpha value is -2.01. The van der Waals surface area contributed by atoms with Crippen LogP contribution in [0.4, 0.5) is 0 Å². The average molecular weight is 361 g/mol. The van der Waals surface area contributed by atoms with Crippen molar-refractivity contribution in [1.82, 2.24) is 9.88 Å². The molecule has 4 rings (SSSR count). The topological polar surface area (TPSA) is 62.4 Å². The molecule has 25 heavy (non-hydrogen) atoms. The second-order valence-corrected chi connectivity index (χ2v) is 7.30. The van der Waals surface area contributed by atoms with Crippen molar-refractivity contribution in [1.29, 1.82) is 0 Å². The smallest absolute Gasteiger partial charge is 0.307 e. The van der Waals surface area contributed by atoms with E-state index in [2.05, 4.69) is 4.98 Å². The average Bonchev–Trinajstić information content (AvgIpc) is 3.16. The summed E-state index contributed by atoms with van der Waals surface area (Å²) >= 11 is 6.12. The number of hydrogen-bond donors (Lipinski definition) is 1. The quantitative estimate of drug-likeness (QED) is 0.851. The van der Waals surface area contributed by atoms with E-state index < -0.39 is 0 Å². The number of hydrogen-bond acceptors (Lipinski definition) is 3. The fraction of sp³-hybridized carbons (Fsp3) is 0.474. The van der Waals surface area contributed by atoms with Gasteiger partial charge in [-0.3, -0.25) is 9.59 Å². The zero-order valence-corrected chi connectivity index (χ0v) is 14.8. The van der Waals surface area contributed by atoms with Gasteiger partial charge < -0.3 is 14.6 Å². The predicted octanol–water partition coefficient (Wildman–Crippen LogP) is 3.23. The summed E-state index contributed by atoms with van der Waals surface area (Å²) in [7, 11) is 0. The van der Waals surface area contributed by atoms with Gasteiger partial charge in [-0.25, -0.2) is 0 Å². The van der Waals surface area contributed by atoms with Gasteiger partial charge in [-0.05, 0) is 43.0 Å². The summed E-state index contributed by atoms with van der Waals surface area (Å²) in [4.78, 5) is 28.9. The standard InChI is InChI=1S/C19H21ClN2O3/c20-12-3-5-16-14(10-12)15-11-13(4-6-17(15)21-16)25-19(24)7-9-22-8-1-2-18(22)23/h3,5,10,13,21H,1-2,4,6-9,11H2. The van der Waals surface area contributed by atoms with Crippen LogP contribution in [0.5, 0.6) is 0 Å². The minimum Gasteiger partial charge on any atom is -0.462 e. The maximum atomic E-state index is 12.2. The molecule has 1 aromatic heterocycles. The molecule has 1 aliphatic heterocycles. The lowest BCUT2D eigenvalue weighted by molar-refractivity contribution is -0.150. The number of benzene rings is 1. The number of nitrogens with one attached hydrogen (secondary N) is 1. The Labute approximate surface area is 151 Å². The highest BCUT2D eigenvalue weighted by Gasteiger charge is 2.26. The monoisotopic (exact) mass is 360 g/mol. The Kier molecular flexibility index (Phi) is 4.42. The number of nitrogens with zero attached hydrogens (tertiary/aromatic N) is 1. The number of rotatable bonds is 4. The zero-order chi connectivity index (χ0) is 17.4. The Bertz CT molecular complexity index is 829. The van der Waals surface area contributed by atoms with Crippen LogP contribution in [0.1, 0.15) is 36.9 Å². The molecule has 1 fully saturated rings. The third-order valence-electron chi connectivity index (χ3n) is 5.16. The summed E-state index contributed by atoms with van der Waals surface area (Å²) < 4.78 is 5.67. The van der Waals surface area contributed by atoms with Crippen molar-refractivity contribution >= 4 is 34.4 Å². The summed E-state index contributed by atoms with van der Waals surface area (Å²) in [5.74, 6) is -0.0724. The molecule has 2 aromatic rings. The third-order valence-corrected chi connectivity index (χ3v) is 5.40. The van der Waals surface area contributed by atoms with E-state index in [9.17, 15) is 9.59 Å². The molecular weight excluding hydrogens is 340 g/mol. The van der Waals surface area contributed by atoms with Crippen LogP contribution in [0.3, 0.4) is 0 Å². The highest BCUT2D eigenvalue weighted by Crippen LogP contribution is 2.32. The van der Waals surface area contributed by atoms with E-state index in [1.165, 1.54) is 11.3 Å². The summed E-state index contributed by atoms with van der Waals surface area (Å²) in [6, 6.07) is 5.84. The highest BCUT2D eigenvalue weighted by atomic mass is 35.5. The van der Waals surface area contributed by atoms with Gasteiger partial charge >= 0.3 is 5.97 Å². The number of aromatic amines is 1. The number of ether oxygens (including phenoxy) is 1.